The van der Waals surface area contributed by atoms with E-state index in [2.05, 4.69) is 0 Å². The number of rotatable bonds is 4. The number of carbonyl (C=O) groups excluding carboxylic acids is 1. The molecule has 2 heteroatoms. The Bertz CT molecular complexity index is 275. The van der Waals surface area contributed by atoms with Gasteiger partial charge in [-0.3, -0.25) is 4.79 Å². The lowest BCUT2D eigenvalue weighted by Gasteiger charge is -2.02. The summed E-state index contributed by atoms with van der Waals surface area (Å²) in [5, 5.41) is 0. The fourth-order valence-corrected chi connectivity index (χ4v) is 0.997. The number of ketones is 1. The lowest BCUT2D eigenvalue weighted by atomic mass is 10.2. The summed E-state index contributed by atoms with van der Waals surface area (Å²) in [6.07, 6.45) is 0. The zero-order valence-electron chi connectivity index (χ0n) is 8.04. The van der Waals surface area contributed by atoms with E-state index in [9.17, 15) is 4.79 Å². The molecule has 70 valence electrons. The van der Waals surface area contributed by atoms with Gasteiger partial charge in [0.25, 0.3) is 0 Å². The quantitative estimate of drug-likeness (QED) is 0.705. The second-order valence-electron chi connectivity index (χ2n) is 3.18. The molecule has 0 aromatic heterocycles. The monoisotopic (exact) mass is 178 g/mol. The first-order valence-electron chi connectivity index (χ1n) is 4.31. The fourth-order valence-electron chi connectivity index (χ4n) is 0.997. The number of hydrogen-bond donors (Lipinski definition) is 0. The van der Waals surface area contributed by atoms with Crippen LogP contribution in [0.1, 0.15) is 18.1 Å². The Hall–Kier alpha value is -1.15. The van der Waals surface area contributed by atoms with Crippen molar-refractivity contribution >= 4 is 5.78 Å². The van der Waals surface area contributed by atoms with Gasteiger partial charge in [-0.1, -0.05) is 29.8 Å². The van der Waals surface area contributed by atoms with Gasteiger partial charge in [0.1, 0.15) is 6.61 Å². The highest BCUT2D eigenvalue weighted by atomic mass is 16.5. The van der Waals surface area contributed by atoms with E-state index in [4.69, 9.17) is 4.74 Å². The molecule has 1 aromatic carbocycles. The first-order chi connectivity index (χ1) is 6.18. The van der Waals surface area contributed by atoms with E-state index in [1.807, 2.05) is 31.2 Å². The molecular weight excluding hydrogens is 164 g/mol. The molecule has 0 aliphatic heterocycles. The van der Waals surface area contributed by atoms with Crippen molar-refractivity contribution in [2.75, 3.05) is 6.61 Å². The van der Waals surface area contributed by atoms with Crippen molar-refractivity contribution in [3.63, 3.8) is 0 Å². The maximum atomic E-state index is 10.6. The zero-order chi connectivity index (χ0) is 9.68. The van der Waals surface area contributed by atoms with Gasteiger partial charge >= 0.3 is 0 Å². The van der Waals surface area contributed by atoms with Crippen LogP contribution in [0.5, 0.6) is 0 Å². The van der Waals surface area contributed by atoms with E-state index in [0.29, 0.717) is 6.61 Å². The number of carbonyl (C=O) groups is 1. The number of Topliss-reactive ketones (excluding diaryl/α,β-unsaturated/α-hetero) is 1. The van der Waals surface area contributed by atoms with Crippen LogP contribution in [0.3, 0.4) is 0 Å². The lowest BCUT2D eigenvalue weighted by molar-refractivity contribution is -0.121. The summed E-state index contributed by atoms with van der Waals surface area (Å²) in [4.78, 5) is 10.6. The van der Waals surface area contributed by atoms with Gasteiger partial charge in [-0.2, -0.15) is 0 Å². The van der Waals surface area contributed by atoms with Gasteiger partial charge < -0.3 is 4.74 Å². The second kappa shape index (κ2) is 4.77. The number of ether oxygens (including phenoxy) is 1. The molecule has 0 aliphatic rings. The third-order valence-corrected chi connectivity index (χ3v) is 1.69. The number of benzene rings is 1. The van der Waals surface area contributed by atoms with Gasteiger partial charge in [0.2, 0.25) is 0 Å². The molecule has 0 saturated carbocycles. The highest BCUT2D eigenvalue weighted by Crippen LogP contribution is 2.04. The second-order valence-corrected chi connectivity index (χ2v) is 3.18. The molecule has 0 atom stereocenters. The van der Waals surface area contributed by atoms with Crippen LogP contribution in [0.25, 0.3) is 0 Å². The van der Waals surface area contributed by atoms with Crippen molar-refractivity contribution < 1.29 is 9.53 Å². The Morgan fingerprint density at radius 1 is 1.31 bits per heavy atom. The first-order valence-corrected chi connectivity index (χ1v) is 4.31. The number of hydrogen-bond acceptors (Lipinski definition) is 2. The summed E-state index contributed by atoms with van der Waals surface area (Å²) in [5.74, 6) is 0.0621. The predicted octanol–water partition coefficient (Wildman–Crippen LogP) is 2.10. The summed E-state index contributed by atoms with van der Waals surface area (Å²) < 4.78 is 5.17. The van der Waals surface area contributed by atoms with Crippen molar-refractivity contribution in [1.29, 1.82) is 0 Å². The molecule has 13 heavy (non-hydrogen) atoms. The van der Waals surface area contributed by atoms with Crippen LogP contribution in [-0.2, 0) is 16.1 Å². The van der Waals surface area contributed by atoms with Gasteiger partial charge in [0.15, 0.2) is 5.78 Å². The lowest BCUT2D eigenvalue weighted by Crippen LogP contribution is -2.03. The third kappa shape index (κ3) is 3.85. The minimum atomic E-state index is 0.0621. The molecule has 0 fully saturated rings. The van der Waals surface area contributed by atoms with Gasteiger partial charge in [0.05, 0.1) is 6.61 Å². The van der Waals surface area contributed by atoms with E-state index in [-0.39, 0.29) is 12.4 Å². The summed E-state index contributed by atoms with van der Waals surface area (Å²) in [6.45, 7) is 4.28. The molecule has 0 N–H and O–H groups in total. The van der Waals surface area contributed by atoms with Crippen molar-refractivity contribution in [3.8, 4) is 0 Å². The van der Waals surface area contributed by atoms with Crippen LogP contribution in [-0.4, -0.2) is 12.4 Å². The molecule has 0 amide bonds. The van der Waals surface area contributed by atoms with Gasteiger partial charge in [-0.05, 0) is 19.4 Å². The van der Waals surface area contributed by atoms with E-state index in [1.165, 1.54) is 12.5 Å². The zero-order valence-corrected chi connectivity index (χ0v) is 8.04. The van der Waals surface area contributed by atoms with Crippen LogP contribution < -0.4 is 0 Å². The molecule has 0 aliphatic carbocycles. The maximum Gasteiger partial charge on any atom is 0.155 e. The average Bonchev–Trinajstić information content (AvgIpc) is 2.08. The largest absolute Gasteiger partial charge is 0.369 e. The molecule has 0 radical (unpaired) electrons. The van der Waals surface area contributed by atoms with Crippen molar-refractivity contribution in [1.82, 2.24) is 0 Å². The summed E-state index contributed by atoms with van der Waals surface area (Å²) >= 11 is 0. The van der Waals surface area contributed by atoms with E-state index in [0.717, 1.165) is 5.56 Å². The molecule has 0 spiro atoms. The summed E-state index contributed by atoms with van der Waals surface area (Å²) in [7, 11) is 0. The summed E-state index contributed by atoms with van der Waals surface area (Å²) in [5.41, 5.74) is 2.34. The van der Waals surface area contributed by atoms with Crippen molar-refractivity contribution in [3.05, 3.63) is 35.4 Å². The minimum absolute atomic E-state index is 0.0621. The molecule has 1 aromatic rings. The Balaban J connectivity index is 2.37. The van der Waals surface area contributed by atoms with Crippen molar-refractivity contribution in [2.45, 2.75) is 20.5 Å². The Morgan fingerprint density at radius 3 is 2.46 bits per heavy atom. The van der Waals surface area contributed by atoms with Crippen LogP contribution in [0.4, 0.5) is 0 Å². The highest BCUT2D eigenvalue weighted by Gasteiger charge is 1.95. The maximum absolute atomic E-state index is 10.6. The molecule has 0 heterocycles. The van der Waals surface area contributed by atoms with E-state index >= 15 is 0 Å². The smallest absolute Gasteiger partial charge is 0.155 e. The van der Waals surface area contributed by atoms with E-state index in [1.54, 1.807) is 0 Å². The first kappa shape index (κ1) is 9.93. The highest BCUT2D eigenvalue weighted by molar-refractivity contribution is 5.76. The Kier molecular flexibility index (Phi) is 3.65. The minimum Gasteiger partial charge on any atom is -0.369 e. The van der Waals surface area contributed by atoms with Crippen LogP contribution >= 0.6 is 0 Å². The van der Waals surface area contributed by atoms with Crippen LogP contribution in [0.2, 0.25) is 0 Å². The van der Waals surface area contributed by atoms with Gasteiger partial charge in [-0.25, -0.2) is 0 Å². The van der Waals surface area contributed by atoms with Gasteiger partial charge in [0, 0.05) is 0 Å². The Labute approximate surface area is 78.5 Å². The summed E-state index contributed by atoms with van der Waals surface area (Å²) in [6, 6.07) is 8.09. The Morgan fingerprint density at radius 2 is 1.92 bits per heavy atom. The van der Waals surface area contributed by atoms with Crippen molar-refractivity contribution in [2.24, 2.45) is 0 Å². The molecule has 0 unspecified atom stereocenters. The molecule has 0 saturated heterocycles. The topological polar surface area (TPSA) is 26.3 Å². The third-order valence-electron chi connectivity index (χ3n) is 1.69. The molecule has 1 rings (SSSR count). The van der Waals surface area contributed by atoms with Gasteiger partial charge in [-0.15, -0.1) is 0 Å². The average molecular weight is 178 g/mol. The molecule has 0 bridgehead atoms. The molecular formula is C11H14O2. The standard InChI is InChI=1S/C11H14O2/c1-9-3-5-11(6-4-9)8-13-7-10(2)12/h3-6H,7-8H2,1-2H3. The molecule has 2 nitrogen and oxygen atoms in total. The van der Waals surface area contributed by atoms with Crippen LogP contribution in [0, 0.1) is 6.92 Å². The van der Waals surface area contributed by atoms with Crippen LogP contribution in [0.15, 0.2) is 24.3 Å². The predicted molar refractivity (Wildman–Crippen MR) is 51.5 cm³/mol. The number of aryl methyl sites for hydroxylation is 1. The normalized spacial score (nSPS) is 10.0. The van der Waals surface area contributed by atoms with E-state index < -0.39 is 0 Å². The SMILES string of the molecule is CC(=O)COCc1ccc(C)cc1. The fraction of sp³-hybridized carbons (Fsp3) is 0.364.